The van der Waals surface area contributed by atoms with Crippen molar-refractivity contribution in [2.45, 2.75) is 64.3 Å². The molecular formula is C27H36N4O7. The van der Waals surface area contributed by atoms with E-state index in [0.29, 0.717) is 18.7 Å². The summed E-state index contributed by atoms with van der Waals surface area (Å²) in [5.41, 5.74) is 0.415. The summed E-state index contributed by atoms with van der Waals surface area (Å²) in [6, 6.07) is 7.71. The van der Waals surface area contributed by atoms with Crippen molar-refractivity contribution in [2.24, 2.45) is 5.92 Å². The number of ketones is 1. The molecule has 1 aromatic carbocycles. The summed E-state index contributed by atoms with van der Waals surface area (Å²) in [6.45, 7) is 7.45. The van der Waals surface area contributed by atoms with Gasteiger partial charge in [0, 0.05) is 19.6 Å². The minimum absolute atomic E-state index is 0.0548. The molecule has 1 fully saturated rings. The average molecular weight is 529 g/mol. The van der Waals surface area contributed by atoms with Crippen molar-refractivity contribution < 1.29 is 33.2 Å². The van der Waals surface area contributed by atoms with E-state index in [1.807, 2.05) is 44.2 Å². The molecule has 0 aliphatic carbocycles. The van der Waals surface area contributed by atoms with Gasteiger partial charge in [-0.25, -0.2) is 0 Å². The number of amides is 3. The average Bonchev–Trinajstić information content (AvgIpc) is 3.48. The van der Waals surface area contributed by atoms with Gasteiger partial charge in [0.1, 0.15) is 17.7 Å². The summed E-state index contributed by atoms with van der Waals surface area (Å²) in [4.78, 5) is 52.4. The number of carbonyl (C=O) groups is 4. The number of carbonyl (C=O) groups excluding carboxylic acids is 4. The predicted molar refractivity (Wildman–Crippen MR) is 137 cm³/mol. The molecule has 2 heterocycles. The van der Waals surface area contributed by atoms with Crippen LogP contribution in [-0.2, 0) is 30.3 Å². The molecule has 0 radical (unpaired) electrons. The third-order valence-corrected chi connectivity index (χ3v) is 6.16. The number of Topliss-reactive ketones (excluding diaryl/α,β-unsaturated/α-hetero) is 1. The fourth-order valence-corrected chi connectivity index (χ4v) is 3.98. The highest BCUT2D eigenvalue weighted by molar-refractivity contribution is 5.99. The van der Waals surface area contributed by atoms with Gasteiger partial charge in [0.25, 0.3) is 5.91 Å². The van der Waals surface area contributed by atoms with E-state index in [9.17, 15) is 19.2 Å². The monoisotopic (exact) mass is 528 g/mol. The quantitative estimate of drug-likeness (QED) is 0.311. The van der Waals surface area contributed by atoms with Crippen molar-refractivity contribution in [1.29, 1.82) is 0 Å². The maximum Gasteiger partial charge on any atom is 0.290 e. The van der Waals surface area contributed by atoms with Gasteiger partial charge in [0.05, 0.1) is 24.9 Å². The smallest absolute Gasteiger partial charge is 0.290 e. The molecule has 1 aliphatic rings. The number of ether oxygens (including phenoxy) is 2. The first-order valence-corrected chi connectivity index (χ1v) is 12.6. The Morgan fingerprint density at radius 1 is 1.03 bits per heavy atom. The van der Waals surface area contributed by atoms with Crippen LogP contribution < -0.4 is 16.0 Å². The van der Waals surface area contributed by atoms with Gasteiger partial charge in [0.2, 0.25) is 17.6 Å². The van der Waals surface area contributed by atoms with Gasteiger partial charge >= 0.3 is 0 Å². The van der Waals surface area contributed by atoms with Gasteiger partial charge in [-0.3, -0.25) is 19.2 Å². The van der Waals surface area contributed by atoms with Gasteiger partial charge in [-0.2, -0.15) is 0 Å². The highest BCUT2D eigenvalue weighted by Gasteiger charge is 2.50. The lowest BCUT2D eigenvalue weighted by molar-refractivity contribution is -0.133. The zero-order valence-electron chi connectivity index (χ0n) is 22.4. The Morgan fingerprint density at radius 3 is 2.21 bits per heavy atom. The maximum atomic E-state index is 13.5. The Balaban J connectivity index is 1.78. The molecule has 1 saturated heterocycles. The molecule has 38 heavy (non-hydrogen) atoms. The third-order valence-electron chi connectivity index (χ3n) is 6.16. The minimum atomic E-state index is -1.11. The first-order chi connectivity index (χ1) is 18.0. The number of hydrogen-bond acceptors (Lipinski definition) is 8. The first kappa shape index (κ1) is 29.0. The lowest BCUT2D eigenvalue weighted by atomic mass is 9.93. The summed E-state index contributed by atoms with van der Waals surface area (Å²) >= 11 is 0. The van der Waals surface area contributed by atoms with Crippen LogP contribution in [0.1, 0.15) is 49.0 Å². The Labute approximate surface area is 222 Å². The first-order valence-electron chi connectivity index (χ1n) is 12.6. The normalized spacial score (nSPS) is 18.8. The largest absolute Gasteiger partial charge is 0.382 e. The molecule has 0 bridgehead atoms. The van der Waals surface area contributed by atoms with Crippen LogP contribution >= 0.6 is 0 Å². The molecule has 11 heteroatoms. The van der Waals surface area contributed by atoms with E-state index in [1.54, 1.807) is 13.8 Å². The molecule has 1 aliphatic heterocycles. The van der Waals surface area contributed by atoms with Crippen LogP contribution in [0.15, 0.2) is 40.9 Å². The summed E-state index contributed by atoms with van der Waals surface area (Å²) < 4.78 is 15.4. The van der Waals surface area contributed by atoms with Gasteiger partial charge < -0.3 is 29.9 Å². The Hall–Kier alpha value is -3.57. The standard InChI is InChI=1S/C27H36N4O7/c1-16(2)11-19(23(32)27(4)15-37-27)28-24(33)20(13-18-9-7-6-8-10-18)29-25(34)21(14-36-5)30-26(35)22-12-17(3)31-38-22/h6-10,12,16,19-21H,11,13-15H2,1-5H3,(H,28,33)(H,29,34)(H,30,35)/t19?,20-,21?,27?/m0/s1. The number of methoxy groups -OCH3 is 1. The topological polar surface area (TPSA) is 152 Å². The number of hydrogen-bond donors (Lipinski definition) is 3. The van der Waals surface area contributed by atoms with Crippen LogP contribution in [0, 0.1) is 12.8 Å². The van der Waals surface area contributed by atoms with E-state index in [2.05, 4.69) is 21.1 Å². The summed E-state index contributed by atoms with van der Waals surface area (Å²) in [5, 5.41) is 11.8. The fourth-order valence-electron chi connectivity index (χ4n) is 3.98. The van der Waals surface area contributed by atoms with Gasteiger partial charge in [-0.1, -0.05) is 49.3 Å². The third kappa shape index (κ3) is 7.96. The van der Waals surface area contributed by atoms with Crippen molar-refractivity contribution in [3.05, 3.63) is 53.4 Å². The molecule has 3 unspecified atom stereocenters. The van der Waals surface area contributed by atoms with E-state index < -0.39 is 41.4 Å². The Morgan fingerprint density at radius 2 is 1.66 bits per heavy atom. The number of rotatable bonds is 14. The van der Waals surface area contributed by atoms with Crippen LogP contribution in [0.2, 0.25) is 0 Å². The second kappa shape index (κ2) is 12.8. The molecule has 11 nitrogen and oxygen atoms in total. The summed E-state index contributed by atoms with van der Waals surface area (Å²) in [7, 11) is 1.39. The molecule has 0 spiro atoms. The number of benzene rings is 1. The molecule has 3 rings (SSSR count). The molecule has 3 N–H and O–H groups in total. The molecule has 3 amide bonds. The van der Waals surface area contributed by atoms with Crippen LogP contribution in [0.4, 0.5) is 0 Å². The molecule has 0 saturated carbocycles. The van der Waals surface area contributed by atoms with E-state index in [0.717, 1.165) is 5.56 Å². The van der Waals surface area contributed by atoms with Crippen LogP contribution in [0.3, 0.4) is 0 Å². The highest BCUT2D eigenvalue weighted by atomic mass is 16.6. The van der Waals surface area contributed by atoms with Crippen molar-refractivity contribution in [1.82, 2.24) is 21.1 Å². The second-order valence-electron chi connectivity index (χ2n) is 10.1. The summed E-state index contributed by atoms with van der Waals surface area (Å²) in [6.07, 6.45) is 0.595. The summed E-state index contributed by atoms with van der Waals surface area (Å²) in [5.74, 6) is -1.91. The van der Waals surface area contributed by atoms with Crippen LogP contribution in [0.25, 0.3) is 0 Å². The number of epoxide rings is 1. The molecule has 1 aromatic heterocycles. The molecule has 2 aromatic rings. The van der Waals surface area contributed by atoms with Crippen molar-refractivity contribution in [2.75, 3.05) is 20.3 Å². The lowest BCUT2D eigenvalue weighted by Crippen LogP contribution is -2.58. The van der Waals surface area contributed by atoms with E-state index in [4.69, 9.17) is 14.0 Å². The van der Waals surface area contributed by atoms with Gasteiger partial charge in [-0.05, 0) is 31.7 Å². The number of aryl methyl sites for hydroxylation is 1. The van der Waals surface area contributed by atoms with E-state index in [1.165, 1.54) is 13.2 Å². The van der Waals surface area contributed by atoms with Gasteiger partial charge in [0.15, 0.2) is 5.78 Å². The zero-order valence-corrected chi connectivity index (χ0v) is 22.4. The molecule has 4 atom stereocenters. The number of nitrogens with zero attached hydrogens (tertiary/aromatic N) is 1. The predicted octanol–water partition coefficient (Wildman–Crippen LogP) is 1.34. The van der Waals surface area contributed by atoms with Crippen molar-refractivity contribution >= 4 is 23.5 Å². The van der Waals surface area contributed by atoms with Crippen LogP contribution in [0.5, 0.6) is 0 Å². The van der Waals surface area contributed by atoms with Crippen molar-refractivity contribution in [3.63, 3.8) is 0 Å². The van der Waals surface area contributed by atoms with Gasteiger partial charge in [-0.15, -0.1) is 0 Å². The molecular weight excluding hydrogens is 492 g/mol. The molecule has 206 valence electrons. The second-order valence-corrected chi connectivity index (χ2v) is 10.1. The van der Waals surface area contributed by atoms with E-state index >= 15 is 0 Å². The SMILES string of the molecule is COCC(NC(=O)c1cc(C)no1)C(=O)N[C@@H](Cc1ccccc1)C(=O)NC(CC(C)C)C(=O)C1(C)CO1. The lowest BCUT2D eigenvalue weighted by Gasteiger charge is -2.26. The Kier molecular flexibility index (Phi) is 9.76. The fraction of sp³-hybridized carbons (Fsp3) is 0.519. The number of nitrogens with one attached hydrogen (secondary N) is 3. The van der Waals surface area contributed by atoms with Crippen molar-refractivity contribution in [3.8, 4) is 0 Å². The Bertz CT molecular complexity index is 1130. The maximum absolute atomic E-state index is 13.5. The minimum Gasteiger partial charge on any atom is -0.382 e. The number of aromatic nitrogens is 1. The van der Waals surface area contributed by atoms with E-state index in [-0.39, 0.29) is 30.5 Å². The van der Waals surface area contributed by atoms with Crippen LogP contribution in [-0.4, -0.2) is 72.7 Å². The highest BCUT2D eigenvalue weighted by Crippen LogP contribution is 2.29. The zero-order chi connectivity index (χ0) is 27.9.